The Kier molecular flexibility index (Phi) is 3.09. The molecule has 1 fully saturated rings. The van der Waals surface area contributed by atoms with Crippen LogP contribution in [0.4, 0.5) is 0 Å². The van der Waals surface area contributed by atoms with Crippen molar-refractivity contribution in [2.45, 2.75) is 18.9 Å². The number of hydrogen-bond acceptors (Lipinski definition) is 4. The lowest BCUT2D eigenvalue weighted by molar-refractivity contribution is -0.136. The summed E-state index contributed by atoms with van der Waals surface area (Å²) >= 11 is 0. The molecule has 0 bridgehead atoms. The van der Waals surface area contributed by atoms with Gasteiger partial charge in [-0.2, -0.15) is 0 Å². The Morgan fingerprint density at radius 2 is 2.00 bits per heavy atom. The van der Waals surface area contributed by atoms with E-state index in [4.69, 9.17) is 5.73 Å². The molecular formula is C13H16N2O3. The van der Waals surface area contributed by atoms with Gasteiger partial charge in [-0.1, -0.05) is 12.1 Å². The highest BCUT2D eigenvalue weighted by Gasteiger charge is 2.37. The van der Waals surface area contributed by atoms with Gasteiger partial charge in [0.25, 0.3) is 0 Å². The van der Waals surface area contributed by atoms with E-state index in [1.807, 2.05) is 0 Å². The lowest BCUT2D eigenvalue weighted by atomic mass is 9.91. The number of nitrogens with zero attached hydrogens (tertiary/aromatic N) is 1. The Balaban J connectivity index is 2.22. The number of carbonyl (C=O) groups is 2. The Morgan fingerprint density at radius 3 is 2.50 bits per heavy atom. The van der Waals surface area contributed by atoms with Crippen LogP contribution in [0.3, 0.4) is 0 Å². The Labute approximate surface area is 105 Å². The zero-order valence-corrected chi connectivity index (χ0v) is 10.2. The minimum absolute atomic E-state index is 0.0601. The first-order valence-corrected chi connectivity index (χ1v) is 5.81. The van der Waals surface area contributed by atoms with Gasteiger partial charge in [-0.25, -0.2) is 0 Å². The average molecular weight is 248 g/mol. The standard InChI is InChI=1S/C13H16N2O3/c1-13(14,9-2-4-10(16)5-3-9)12(18)15-7-6-11(17)8-15/h2-5,16H,6-8,14H2,1H3/t13-/m0/s1. The molecule has 0 radical (unpaired) electrons. The molecule has 1 aliphatic heterocycles. The number of rotatable bonds is 2. The number of hydrogen-bond donors (Lipinski definition) is 2. The van der Waals surface area contributed by atoms with E-state index in [0.717, 1.165) is 0 Å². The summed E-state index contributed by atoms with van der Waals surface area (Å²) in [4.78, 5) is 25.0. The van der Waals surface area contributed by atoms with Crippen LogP contribution < -0.4 is 5.73 Å². The van der Waals surface area contributed by atoms with Gasteiger partial charge in [0.1, 0.15) is 11.3 Å². The minimum Gasteiger partial charge on any atom is -0.508 e. The van der Waals surface area contributed by atoms with Crippen LogP contribution in [0.25, 0.3) is 0 Å². The maximum absolute atomic E-state index is 12.3. The summed E-state index contributed by atoms with van der Waals surface area (Å²) in [7, 11) is 0. The molecule has 18 heavy (non-hydrogen) atoms. The summed E-state index contributed by atoms with van der Waals surface area (Å²) in [6.45, 7) is 2.19. The van der Waals surface area contributed by atoms with Crippen molar-refractivity contribution >= 4 is 11.7 Å². The summed E-state index contributed by atoms with van der Waals surface area (Å²) in [6, 6.07) is 6.21. The van der Waals surface area contributed by atoms with Gasteiger partial charge < -0.3 is 15.7 Å². The van der Waals surface area contributed by atoms with Gasteiger partial charge in [0.15, 0.2) is 5.78 Å². The molecule has 1 aromatic rings. The average Bonchev–Trinajstić information content (AvgIpc) is 2.75. The molecule has 5 heteroatoms. The van der Waals surface area contributed by atoms with Crippen LogP contribution in [0, 0.1) is 0 Å². The van der Waals surface area contributed by atoms with Crippen molar-refractivity contribution in [2.75, 3.05) is 13.1 Å². The number of phenolic OH excluding ortho intramolecular Hbond substituents is 1. The third kappa shape index (κ3) is 2.22. The van der Waals surface area contributed by atoms with E-state index in [1.54, 1.807) is 19.1 Å². The lowest BCUT2D eigenvalue weighted by Gasteiger charge is -2.28. The molecule has 0 spiro atoms. The summed E-state index contributed by atoms with van der Waals surface area (Å²) in [5, 5.41) is 9.23. The third-order valence-corrected chi connectivity index (χ3v) is 3.23. The topological polar surface area (TPSA) is 83.6 Å². The first kappa shape index (κ1) is 12.6. The maximum Gasteiger partial charge on any atom is 0.247 e. The van der Waals surface area contributed by atoms with Gasteiger partial charge in [0.2, 0.25) is 5.91 Å². The van der Waals surface area contributed by atoms with Crippen LogP contribution in [-0.4, -0.2) is 34.8 Å². The number of ketones is 1. The van der Waals surface area contributed by atoms with Gasteiger partial charge in [-0.05, 0) is 24.6 Å². The van der Waals surface area contributed by atoms with Gasteiger partial charge in [-0.3, -0.25) is 9.59 Å². The number of aromatic hydroxyl groups is 1. The van der Waals surface area contributed by atoms with Crippen molar-refractivity contribution in [3.05, 3.63) is 29.8 Å². The van der Waals surface area contributed by atoms with E-state index in [1.165, 1.54) is 17.0 Å². The van der Waals surface area contributed by atoms with Gasteiger partial charge in [-0.15, -0.1) is 0 Å². The molecule has 1 saturated heterocycles. The molecule has 3 N–H and O–H groups in total. The van der Waals surface area contributed by atoms with Crippen molar-refractivity contribution in [3.63, 3.8) is 0 Å². The Bertz CT molecular complexity index is 480. The second-order valence-electron chi connectivity index (χ2n) is 4.76. The number of amides is 1. The predicted octanol–water partition coefficient (Wildman–Crippen LogP) is 0.368. The summed E-state index contributed by atoms with van der Waals surface area (Å²) in [5.74, 6) is -0.0813. The number of carbonyl (C=O) groups excluding carboxylic acids is 2. The minimum atomic E-state index is -1.18. The largest absolute Gasteiger partial charge is 0.508 e. The van der Waals surface area contributed by atoms with Crippen molar-refractivity contribution < 1.29 is 14.7 Å². The highest BCUT2D eigenvalue weighted by atomic mass is 16.3. The van der Waals surface area contributed by atoms with Crippen LogP contribution in [0.15, 0.2) is 24.3 Å². The molecule has 0 aromatic heterocycles. The molecule has 5 nitrogen and oxygen atoms in total. The molecule has 2 rings (SSSR count). The second kappa shape index (κ2) is 4.42. The first-order valence-electron chi connectivity index (χ1n) is 5.81. The van der Waals surface area contributed by atoms with E-state index >= 15 is 0 Å². The Hall–Kier alpha value is -1.88. The molecular weight excluding hydrogens is 232 g/mol. The van der Waals surface area contributed by atoms with Crippen molar-refractivity contribution in [1.82, 2.24) is 4.90 Å². The van der Waals surface area contributed by atoms with E-state index < -0.39 is 5.54 Å². The molecule has 1 heterocycles. The molecule has 0 unspecified atom stereocenters. The third-order valence-electron chi connectivity index (χ3n) is 3.23. The van der Waals surface area contributed by atoms with Crippen LogP contribution >= 0.6 is 0 Å². The molecule has 96 valence electrons. The highest BCUT2D eigenvalue weighted by Crippen LogP contribution is 2.24. The molecule has 1 aliphatic rings. The van der Waals surface area contributed by atoms with Crippen LogP contribution in [0.1, 0.15) is 18.9 Å². The van der Waals surface area contributed by atoms with E-state index in [2.05, 4.69) is 0 Å². The van der Waals surface area contributed by atoms with E-state index in [-0.39, 0.29) is 24.0 Å². The number of nitrogens with two attached hydrogens (primary N) is 1. The number of phenols is 1. The fraction of sp³-hybridized carbons (Fsp3) is 0.385. The molecule has 0 saturated carbocycles. The smallest absolute Gasteiger partial charge is 0.247 e. The zero-order chi connectivity index (χ0) is 13.3. The molecule has 1 aromatic carbocycles. The zero-order valence-electron chi connectivity index (χ0n) is 10.2. The summed E-state index contributed by atoms with van der Waals surface area (Å²) in [6.07, 6.45) is 0.400. The maximum atomic E-state index is 12.3. The SMILES string of the molecule is C[C@@](N)(C(=O)N1CCC(=O)C1)c1ccc(O)cc1. The highest BCUT2D eigenvalue weighted by molar-refractivity contribution is 5.93. The van der Waals surface area contributed by atoms with Crippen molar-refractivity contribution in [3.8, 4) is 5.75 Å². The number of Topliss-reactive ketones (excluding diaryl/α,β-unsaturated/α-hetero) is 1. The van der Waals surface area contributed by atoms with Gasteiger partial charge in [0, 0.05) is 13.0 Å². The van der Waals surface area contributed by atoms with Crippen LogP contribution in [0.5, 0.6) is 5.75 Å². The van der Waals surface area contributed by atoms with E-state index in [9.17, 15) is 14.7 Å². The van der Waals surface area contributed by atoms with E-state index in [0.29, 0.717) is 18.5 Å². The molecule has 1 amide bonds. The summed E-state index contributed by atoms with van der Waals surface area (Å²) < 4.78 is 0. The lowest BCUT2D eigenvalue weighted by Crippen LogP contribution is -2.50. The van der Waals surface area contributed by atoms with Gasteiger partial charge in [0.05, 0.1) is 6.54 Å². The Morgan fingerprint density at radius 1 is 1.39 bits per heavy atom. The normalized spacial score (nSPS) is 18.8. The monoisotopic (exact) mass is 248 g/mol. The number of likely N-dealkylation sites (tertiary alicyclic amines) is 1. The number of benzene rings is 1. The van der Waals surface area contributed by atoms with Crippen LogP contribution in [-0.2, 0) is 15.1 Å². The van der Waals surface area contributed by atoms with Crippen LogP contribution in [0.2, 0.25) is 0 Å². The first-order chi connectivity index (χ1) is 8.41. The fourth-order valence-electron chi connectivity index (χ4n) is 2.06. The van der Waals surface area contributed by atoms with Gasteiger partial charge >= 0.3 is 0 Å². The summed E-state index contributed by atoms with van der Waals surface area (Å²) in [5.41, 5.74) is 5.51. The fourth-order valence-corrected chi connectivity index (χ4v) is 2.06. The quantitative estimate of drug-likeness (QED) is 0.792. The van der Waals surface area contributed by atoms with Crippen molar-refractivity contribution in [2.24, 2.45) is 5.73 Å². The predicted molar refractivity (Wildman–Crippen MR) is 65.9 cm³/mol. The molecule has 0 aliphatic carbocycles. The van der Waals surface area contributed by atoms with Crippen molar-refractivity contribution in [1.29, 1.82) is 0 Å². The second-order valence-corrected chi connectivity index (χ2v) is 4.76. The molecule has 1 atom stereocenters.